The standard InChI is InChI=1S/C10H23NO3/c1-4-10(2,9-12)11-5-6-14-8-7-13-3/h11-12H,4-9H2,1-3H3. The minimum Gasteiger partial charge on any atom is -0.394 e. The lowest BCUT2D eigenvalue weighted by molar-refractivity contribution is 0.0659. The molecule has 0 fully saturated rings. The molecule has 2 N–H and O–H groups in total. The largest absolute Gasteiger partial charge is 0.394 e. The van der Waals surface area contributed by atoms with Gasteiger partial charge in [-0.3, -0.25) is 0 Å². The second-order valence-corrected chi connectivity index (χ2v) is 3.60. The van der Waals surface area contributed by atoms with Crippen molar-refractivity contribution in [2.45, 2.75) is 25.8 Å². The Morgan fingerprint density at radius 3 is 2.50 bits per heavy atom. The predicted octanol–water partition coefficient (Wildman–Crippen LogP) is 0.400. The summed E-state index contributed by atoms with van der Waals surface area (Å²) in [6, 6.07) is 0. The lowest BCUT2D eigenvalue weighted by Crippen LogP contribution is -2.46. The molecule has 0 heterocycles. The van der Waals surface area contributed by atoms with Crippen molar-refractivity contribution in [2.75, 3.05) is 40.1 Å². The van der Waals surface area contributed by atoms with Gasteiger partial charge in [0.05, 0.1) is 26.4 Å². The maximum Gasteiger partial charge on any atom is 0.0700 e. The Morgan fingerprint density at radius 1 is 1.29 bits per heavy atom. The highest BCUT2D eigenvalue weighted by Crippen LogP contribution is 2.06. The normalized spacial score (nSPS) is 15.4. The van der Waals surface area contributed by atoms with Gasteiger partial charge < -0.3 is 19.9 Å². The molecule has 86 valence electrons. The Balaban J connectivity index is 3.34. The molecule has 0 aliphatic rings. The molecule has 0 spiro atoms. The zero-order chi connectivity index (χ0) is 10.9. The summed E-state index contributed by atoms with van der Waals surface area (Å²) in [4.78, 5) is 0. The van der Waals surface area contributed by atoms with Crippen LogP contribution in [-0.2, 0) is 9.47 Å². The topological polar surface area (TPSA) is 50.7 Å². The first-order valence-corrected chi connectivity index (χ1v) is 5.11. The van der Waals surface area contributed by atoms with Gasteiger partial charge in [0, 0.05) is 19.2 Å². The van der Waals surface area contributed by atoms with E-state index in [4.69, 9.17) is 14.6 Å². The van der Waals surface area contributed by atoms with Gasteiger partial charge in [0.2, 0.25) is 0 Å². The van der Waals surface area contributed by atoms with Crippen LogP contribution in [0.5, 0.6) is 0 Å². The summed E-state index contributed by atoms with van der Waals surface area (Å²) in [5.41, 5.74) is -0.176. The first kappa shape index (κ1) is 13.8. The number of hydrogen-bond acceptors (Lipinski definition) is 4. The summed E-state index contributed by atoms with van der Waals surface area (Å²) in [6.45, 7) is 6.87. The van der Waals surface area contributed by atoms with E-state index in [1.807, 2.05) is 6.92 Å². The van der Waals surface area contributed by atoms with Crippen LogP contribution in [-0.4, -0.2) is 50.7 Å². The summed E-state index contributed by atoms with van der Waals surface area (Å²) in [5, 5.41) is 12.4. The van der Waals surface area contributed by atoms with Gasteiger partial charge in [-0.25, -0.2) is 0 Å². The average molecular weight is 205 g/mol. The van der Waals surface area contributed by atoms with Gasteiger partial charge in [-0.2, -0.15) is 0 Å². The first-order chi connectivity index (χ1) is 6.68. The first-order valence-electron chi connectivity index (χ1n) is 5.11. The van der Waals surface area contributed by atoms with Gasteiger partial charge >= 0.3 is 0 Å². The van der Waals surface area contributed by atoms with Crippen LogP contribution in [0.3, 0.4) is 0 Å². The third kappa shape index (κ3) is 6.32. The Kier molecular flexibility index (Phi) is 8.08. The van der Waals surface area contributed by atoms with E-state index in [0.717, 1.165) is 13.0 Å². The summed E-state index contributed by atoms with van der Waals surface area (Å²) < 4.78 is 10.1. The van der Waals surface area contributed by atoms with Gasteiger partial charge in [-0.05, 0) is 13.3 Å². The predicted molar refractivity (Wildman–Crippen MR) is 56.5 cm³/mol. The molecule has 0 aliphatic carbocycles. The molecule has 0 aromatic carbocycles. The molecule has 0 saturated carbocycles. The number of rotatable bonds is 9. The fourth-order valence-corrected chi connectivity index (χ4v) is 0.962. The van der Waals surface area contributed by atoms with Crippen molar-refractivity contribution < 1.29 is 14.6 Å². The van der Waals surface area contributed by atoms with Gasteiger partial charge in [0.1, 0.15) is 0 Å². The van der Waals surface area contributed by atoms with Crippen LogP contribution in [0.25, 0.3) is 0 Å². The van der Waals surface area contributed by atoms with Crippen LogP contribution in [0, 0.1) is 0 Å². The van der Waals surface area contributed by atoms with Crippen LogP contribution in [0.4, 0.5) is 0 Å². The molecular formula is C10H23NO3. The summed E-state index contributed by atoms with van der Waals surface area (Å²) in [7, 11) is 1.65. The number of hydrogen-bond donors (Lipinski definition) is 2. The molecule has 4 nitrogen and oxygen atoms in total. The van der Waals surface area contributed by atoms with Crippen LogP contribution < -0.4 is 5.32 Å². The second-order valence-electron chi connectivity index (χ2n) is 3.60. The van der Waals surface area contributed by atoms with Crippen LogP contribution in [0.2, 0.25) is 0 Å². The zero-order valence-corrected chi connectivity index (χ0v) is 9.51. The summed E-state index contributed by atoms with van der Waals surface area (Å²) in [5.74, 6) is 0. The van der Waals surface area contributed by atoms with Crippen molar-refractivity contribution in [1.82, 2.24) is 5.32 Å². The van der Waals surface area contributed by atoms with E-state index < -0.39 is 0 Å². The molecule has 0 saturated heterocycles. The van der Waals surface area contributed by atoms with E-state index in [1.165, 1.54) is 0 Å². The fourth-order valence-electron chi connectivity index (χ4n) is 0.962. The highest BCUT2D eigenvalue weighted by molar-refractivity contribution is 4.79. The van der Waals surface area contributed by atoms with E-state index in [-0.39, 0.29) is 12.1 Å². The van der Waals surface area contributed by atoms with Crippen molar-refractivity contribution in [3.8, 4) is 0 Å². The molecule has 0 rings (SSSR count). The molecule has 0 bridgehead atoms. The summed E-state index contributed by atoms with van der Waals surface area (Å²) in [6.07, 6.45) is 0.904. The molecule has 1 atom stereocenters. The molecule has 0 radical (unpaired) electrons. The quantitative estimate of drug-likeness (QED) is 0.535. The van der Waals surface area contributed by atoms with Gasteiger partial charge in [-0.1, -0.05) is 6.92 Å². The molecule has 1 unspecified atom stereocenters. The Morgan fingerprint density at radius 2 is 2.00 bits per heavy atom. The lowest BCUT2D eigenvalue weighted by Gasteiger charge is -2.27. The highest BCUT2D eigenvalue weighted by Gasteiger charge is 2.18. The zero-order valence-electron chi connectivity index (χ0n) is 9.51. The van der Waals surface area contributed by atoms with E-state index in [0.29, 0.717) is 19.8 Å². The monoisotopic (exact) mass is 205 g/mol. The van der Waals surface area contributed by atoms with Crippen molar-refractivity contribution in [1.29, 1.82) is 0 Å². The molecular weight excluding hydrogens is 182 g/mol. The van der Waals surface area contributed by atoms with Crippen molar-refractivity contribution in [2.24, 2.45) is 0 Å². The number of aliphatic hydroxyl groups excluding tert-OH is 1. The number of nitrogens with one attached hydrogen (secondary N) is 1. The van der Waals surface area contributed by atoms with Crippen molar-refractivity contribution in [3.63, 3.8) is 0 Å². The Hall–Kier alpha value is -0.160. The fraction of sp³-hybridized carbons (Fsp3) is 1.00. The molecule has 0 aromatic heterocycles. The number of ether oxygens (including phenoxy) is 2. The van der Waals surface area contributed by atoms with Crippen molar-refractivity contribution >= 4 is 0 Å². The smallest absolute Gasteiger partial charge is 0.0700 e. The Bertz CT molecular complexity index is 127. The van der Waals surface area contributed by atoms with E-state index >= 15 is 0 Å². The van der Waals surface area contributed by atoms with Gasteiger partial charge in [0.25, 0.3) is 0 Å². The Labute approximate surface area is 86.6 Å². The number of methoxy groups -OCH3 is 1. The van der Waals surface area contributed by atoms with E-state index in [9.17, 15) is 0 Å². The minimum absolute atomic E-state index is 0.154. The van der Waals surface area contributed by atoms with E-state index in [1.54, 1.807) is 7.11 Å². The van der Waals surface area contributed by atoms with Crippen molar-refractivity contribution in [3.05, 3.63) is 0 Å². The van der Waals surface area contributed by atoms with Crippen LogP contribution in [0.1, 0.15) is 20.3 Å². The van der Waals surface area contributed by atoms with E-state index in [2.05, 4.69) is 12.2 Å². The minimum atomic E-state index is -0.176. The molecule has 0 amide bonds. The third-order valence-corrected chi connectivity index (χ3v) is 2.36. The van der Waals surface area contributed by atoms with Crippen LogP contribution in [0.15, 0.2) is 0 Å². The third-order valence-electron chi connectivity index (χ3n) is 2.36. The highest BCUT2D eigenvalue weighted by atomic mass is 16.5. The second kappa shape index (κ2) is 8.17. The molecule has 0 aromatic rings. The summed E-state index contributed by atoms with van der Waals surface area (Å²) >= 11 is 0. The average Bonchev–Trinajstić information content (AvgIpc) is 2.23. The molecule has 0 aliphatic heterocycles. The number of aliphatic hydroxyl groups is 1. The molecule has 4 heteroatoms. The molecule has 14 heavy (non-hydrogen) atoms. The maximum atomic E-state index is 9.10. The van der Waals surface area contributed by atoms with Crippen LogP contribution >= 0.6 is 0 Å². The maximum absolute atomic E-state index is 9.10. The lowest BCUT2D eigenvalue weighted by atomic mass is 10.0. The van der Waals surface area contributed by atoms with Gasteiger partial charge in [0.15, 0.2) is 0 Å². The SMILES string of the molecule is CCC(C)(CO)NCCOCCOC. The van der Waals surface area contributed by atoms with Gasteiger partial charge in [-0.15, -0.1) is 0 Å².